The van der Waals surface area contributed by atoms with Gasteiger partial charge in [0.15, 0.2) is 0 Å². The molecule has 0 saturated carbocycles. The first kappa shape index (κ1) is 32.2. The fourth-order valence-corrected chi connectivity index (χ4v) is 1.46. The smallest absolute Gasteiger partial charge is 0.459 e. The highest BCUT2D eigenvalue weighted by Gasteiger charge is 2.85. The molecule has 0 saturated heterocycles. The quantitative estimate of drug-likeness (QED) is 0.215. The molecule has 0 aromatic heterocycles. The van der Waals surface area contributed by atoms with Crippen LogP contribution in [0.3, 0.4) is 0 Å². The molecule has 22 heteroatoms. The highest BCUT2D eigenvalue weighted by atomic mass is 19.4. The van der Waals surface area contributed by atoms with Crippen molar-refractivity contribution in [1.29, 1.82) is 0 Å². The predicted molar refractivity (Wildman–Crippen MR) is 65.7 cm³/mol. The van der Waals surface area contributed by atoms with Gasteiger partial charge in [-0.2, -0.15) is 74.6 Å². The maximum atomic E-state index is 13.9. The number of hydrogen-bond donors (Lipinski definition) is 0. The first-order valence-electron chi connectivity index (χ1n) is 7.42. The molecule has 0 bridgehead atoms. The molecule has 0 aromatic carbocycles. The lowest BCUT2D eigenvalue weighted by molar-refractivity contribution is -0.548. The molecule has 0 aliphatic heterocycles. The molecule has 0 N–H and O–H groups in total. The van der Waals surface area contributed by atoms with E-state index in [0.717, 1.165) is 7.11 Å². The van der Waals surface area contributed by atoms with Crippen molar-refractivity contribution in [2.75, 3.05) is 20.3 Å². The SMILES string of the molecule is COCCOC(=O)[C@@](F)(OC(F)(F)[C@](F)(OC(F)(F)C(F)(F)C(F)(F)F)C(F)(F)F)C(F)(F)F. The molecule has 0 fully saturated rings. The van der Waals surface area contributed by atoms with Gasteiger partial charge in [0.05, 0.1) is 6.61 Å². The van der Waals surface area contributed by atoms with Crippen LogP contribution >= 0.6 is 0 Å². The number of ether oxygens (including phenoxy) is 4. The lowest BCUT2D eigenvalue weighted by atomic mass is 10.2. The summed E-state index contributed by atoms with van der Waals surface area (Å²) in [6, 6.07) is 0. The molecule has 0 amide bonds. The minimum atomic E-state index is -8.06. The van der Waals surface area contributed by atoms with Crippen LogP contribution in [-0.4, -0.2) is 74.7 Å². The van der Waals surface area contributed by atoms with Crippen LogP contribution in [0, 0.1) is 0 Å². The van der Waals surface area contributed by atoms with Crippen molar-refractivity contribution in [3.63, 3.8) is 0 Å². The van der Waals surface area contributed by atoms with Gasteiger partial charge in [-0.25, -0.2) is 4.79 Å². The van der Waals surface area contributed by atoms with Crippen LogP contribution in [0.5, 0.6) is 0 Å². The van der Waals surface area contributed by atoms with Crippen LogP contribution in [-0.2, 0) is 23.7 Å². The van der Waals surface area contributed by atoms with Gasteiger partial charge >= 0.3 is 54.3 Å². The lowest BCUT2D eigenvalue weighted by Gasteiger charge is -2.39. The van der Waals surface area contributed by atoms with Crippen LogP contribution in [0.25, 0.3) is 0 Å². The van der Waals surface area contributed by atoms with Crippen LogP contribution in [0.15, 0.2) is 0 Å². The average molecular weight is 554 g/mol. The molecule has 0 aromatic rings. The molecular formula is C12H7F17O5. The molecule has 0 spiro atoms. The zero-order chi connectivity index (χ0) is 27.8. The van der Waals surface area contributed by atoms with Crippen LogP contribution in [0.4, 0.5) is 74.6 Å². The topological polar surface area (TPSA) is 54.0 Å². The Kier molecular flexibility index (Phi) is 8.81. The van der Waals surface area contributed by atoms with Crippen molar-refractivity contribution in [2.45, 2.75) is 48.4 Å². The molecule has 34 heavy (non-hydrogen) atoms. The molecule has 204 valence electrons. The fraction of sp³-hybridized carbons (Fsp3) is 0.917. The molecule has 0 unspecified atom stereocenters. The number of halogens is 17. The van der Waals surface area contributed by atoms with E-state index in [4.69, 9.17) is 0 Å². The van der Waals surface area contributed by atoms with Crippen molar-refractivity contribution >= 4 is 5.97 Å². The first-order valence-corrected chi connectivity index (χ1v) is 7.42. The summed E-state index contributed by atoms with van der Waals surface area (Å²) in [4.78, 5) is 11.1. The van der Waals surface area contributed by atoms with Crippen molar-refractivity contribution < 1.29 is 98.4 Å². The minimum absolute atomic E-state index is 0.764. The number of carbonyl (C=O) groups excluding carboxylic acids is 1. The average Bonchev–Trinajstić information content (AvgIpc) is 2.57. The number of rotatable bonds is 10. The summed E-state index contributed by atoms with van der Waals surface area (Å²) in [5, 5.41) is 0. The van der Waals surface area contributed by atoms with Gasteiger partial charge in [0.2, 0.25) is 0 Å². The van der Waals surface area contributed by atoms with E-state index >= 15 is 0 Å². The Morgan fingerprint density at radius 1 is 0.588 bits per heavy atom. The number of carbonyl (C=O) groups is 1. The third kappa shape index (κ3) is 5.86. The Balaban J connectivity index is 6.61. The summed E-state index contributed by atoms with van der Waals surface area (Å²) in [7, 11) is 0.764. The molecule has 0 radical (unpaired) electrons. The summed E-state index contributed by atoms with van der Waals surface area (Å²) in [6.07, 6.45) is -38.6. The fourth-order valence-electron chi connectivity index (χ4n) is 1.46. The van der Waals surface area contributed by atoms with Crippen molar-refractivity contribution in [3.05, 3.63) is 0 Å². The van der Waals surface area contributed by atoms with E-state index in [1.165, 1.54) is 4.74 Å². The third-order valence-corrected chi connectivity index (χ3v) is 3.15. The molecule has 0 rings (SSSR count). The number of methoxy groups -OCH3 is 1. The summed E-state index contributed by atoms with van der Waals surface area (Å²) in [5.41, 5.74) is 0. The van der Waals surface area contributed by atoms with Crippen LogP contribution in [0.1, 0.15) is 0 Å². The number of alkyl halides is 17. The van der Waals surface area contributed by atoms with E-state index in [1.807, 2.05) is 0 Å². The highest BCUT2D eigenvalue weighted by molar-refractivity contribution is 5.78. The van der Waals surface area contributed by atoms with E-state index in [0.29, 0.717) is 0 Å². The second-order valence-electron chi connectivity index (χ2n) is 5.62. The maximum Gasteiger partial charge on any atom is 0.462 e. The van der Waals surface area contributed by atoms with Gasteiger partial charge in [-0.15, -0.1) is 0 Å². The molecule has 2 atom stereocenters. The summed E-state index contributed by atoms with van der Waals surface area (Å²) >= 11 is 0. The zero-order valence-corrected chi connectivity index (χ0v) is 15.4. The standard InChI is InChI=1S/C12H7F17O5/c1-31-2-3-32-4(30)5(13,8(17,18)19)33-12(28,29)7(16,10(23,24)25)34-11(26,27)6(14,15)9(20,21)22/h2-3H2,1H3/t5-,7-/m1/s1. The van der Waals surface area contributed by atoms with E-state index in [2.05, 4.69) is 9.47 Å². The molecule has 0 aliphatic carbocycles. The minimum Gasteiger partial charge on any atom is -0.459 e. The van der Waals surface area contributed by atoms with Crippen molar-refractivity contribution in [2.24, 2.45) is 0 Å². The van der Waals surface area contributed by atoms with Gasteiger partial charge in [-0.05, 0) is 0 Å². The van der Waals surface area contributed by atoms with Gasteiger partial charge in [0.25, 0.3) is 0 Å². The van der Waals surface area contributed by atoms with Gasteiger partial charge in [-0.3, -0.25) is 9.47 Å². The normalized spacial score (nSPS) is 18.3. The largest absolute Gasteiger partial charge is 0.462 e. The van der Waals surface area contributed by atoms with Crippen LogP contribution in [0.2, 0.25) is 0 Å². The molecule has 5 nitrogen and oxygen atoms in total. The van der Waals surface area contributed by atoms with Gasteiger partial charge in [-0.1, -0.05) is 0 Å². The number of hydrogen-bond acceptors (Lipinski definition) is 5. The van der Waals surface area contributed by atoms with E-state index in [-0.39, 0.29) is 0 Å². The van der Waals surface area contributed by atoms with Crippen molar-refractivity contribution in [3.8, 4) is 0 Å². The predicted octanol–water partition coefficient (Wildman–Crippen LogP) is 5.05. The van der Waals surface area contributed by atoms with Gasteiger partial charge < -0.3 is 9.47 Å². The summed E-state index contributed by atoms with van der Waals surface area (Å²) < 4.78 is 229. The van der Waals surface area contributed by atoms with Crippen LogP contribution < -0.4 is 0 Å². The Morgan fingerprint density at radius 3 is 1.35 bits per heavy atom. The lowest BCUT2D eigenvalue weighted by Crippen LogP contribution is -2.68. The van der Waals surface area contributed by atoms with E-state index in [1.54, 1.807) is 4.74 Å². The summed E-state index contributed by atoms with van der Waals surface area (Å²) in [5.74, 6) is -26.5. The Bertz CT molecular complexity index is 713. The van der Waals surface area contributed by atoms with Crippen molar-refractivity contribution in [1.82, 2.24) is 0 Å². The monoisotopic (exact) mass is 554 g/mol. The third-order valence-electron chi connectivity index (χ3n) is 3.15. The van der Waals surface area contributed by atoms with Gasteiger partial charge in [0, 0.05) is 7.11 Å². The highest BCUT2D eigenvalue weighted by Crippen LogP contribution is 2.56. The zero-order valence-electron chi connectivity index (χ0n) is 15.4. The first-order chi connectivity index (χ1) is 14.6. The molecule has 0 aliphatic rings. The second kappa shape index (κ2) is 9.32. The Labute approximate surface area is 174 Å². The molecule has 0 heterocycles. The second-order valence-corrected chi connectivity index (χ2v) is 5.62. The van der Waals surface area contributed by atoms with E-state index in [9.17, 15) is 79.4 Å². The summed E-state index contributed by atoms with van der Waals surface area (Å²) in [6.45, 7) is -2.38. The Hall–Kier alpha value is -1.84. The number of esters is 1. The molecular weight excluding hydrogens is 547 g/mol. The van der Waals surface area contributed by atoms with E-state index < -0.39 is 67.6 Å². The van der Waals surface area contributed by atoms with Gasteiger partial charge in [0.1, 0.15) is 6.61 Å². The Morgan fingerprint density at radius 2 is 1.03 bits per heavy atom. The maximum absolute atomic E-state index is 13.9.